The van der Waals surface area contributed by atoms with Crippen molar-refractivity contribution < 1.29 is 28.6 Å². The number of hydrogen-bond donors (Lipinski definition) is 0. The van der Waals surface area contributed by atoms with E-state index in [0.717, 1.165) is 77.0 Å². The number of unbranched alkanes of at least 4 members (excludes halogenated alkanes) is 55. The van der Waals surface area contributed by atoms with E-state index in [2.05, 4.69) is 45.1 Å². The van der Waals surface area contributed by atoms with Gasteiger partial charge in [-0.15, -0.1) is 0 Å². The van der Waals surface area contributed by atoms with Crippen molar-refractivity contribution in [2.75, 3.05) is 13.2 Å². The minimum atomic E-state index is -0.774. The van der Waals surface area contributed by atoms with E-state index in [0.29, 0.717) is 19.3 Å². The summed E-state index contributed by atoms with van der Waals surface area (Å²) in [5, 5.41) is 0. The van der Waals surface area contributed by atoms with Gasteiger partial charge in [0, 0.05) is 19.3 Å². The van der Waals surface area contributed by atoms with Crippen molar-refractivity contribution in [3.8, 4) is 0 Å². The van der Waals surface area contributed by atoms with Crippen LogP contribution in [0.3, 0.4) is 0 Å². The molecule has 0 aliphatic heterocycles. The second-order valence-electron chi connectivity index (χ2n) is 25.6. The second-order valence-corrected chi connectivity index (χ2v) is 25.6. The van der Waals surface area contributed by atoms with Crippen molar-refractivity contribution in [3.05, 3.63) is 24.3 Å². The first-order valence-electron chi connectivity index (χ1n) is 37.3. The van der Waals surface area contributed by atoms with Crippen molar-refractivity contribution >= 4 is 17.9 Å². The lowest BCUT2D eigenvalue weighted by Crippen LogP contribution is -2.30. The maximum Gasteiger partial charge on any atom is 0.306 e. The van der Waals surface area contributed by atoms with Crippen LogP contribution in [0.15, 0.2) is 24.3 Å². The zero-order valence-electron chi connectivity index (χ0n) is 55.8. The van der Waals surface area contributed by atoms with Crippen LogP contribution in [-0.4, -0.2) is 37.2 Å². The molecule has 0 aromatic heterocycles. The number of hydrogen-bond acceptors (Lipinski definition) is 6. The molecule has 0 bridgehead atoms. The molecule has 0 aliphatic rings. The fraction of sp³-hybridized carbons (Fsp3) is 0.908. The first-order valence-corrected chi connectivity index (χ1v) is 37.3. The van der Waals surface area contributed by atoms with E-state index in [1.165, 1.54) is 308 Å². The minimum Gasteiger partial charge on any atom is -0.462 e. The Balaban J connectivity index is 4.17. The molecule has 82 heavy (non-hydrogen) atoms. The smallest absolute Gasteiger partial charge is 0.306 e. The summed E-state index contributed by atoms with van der Waals surface area (Å²) in [6.07, 6.45) is 88.0. The molecule has 0 aromatic rings. The van der Waals surface area contributed by atoms with Crippen LogP contribution in [0.25, 0.3) is 0 Å². The number of rotatable bonds is 70. The molecule has 1 atom stereocenters. The monoisotopic (exact) mass is 1150 g/mol. The molecule has 0 saturated heterocycles. The topological polar surface area (TPSA) is 78.9 Å². The first kappa shape index (κ1) is 79.9. The molecule has 0 fully saturated rings. The summed E-state index contributed by atoms with van der Waals surface area (Å²) >= 11 is 0. The van der Waals surface area contributed by atoms with Gasteiger partial charge in [-0.05, 0) is 51.4 Å². The molecule has 0 heterocycles. The molecule has 0 aromatic carbocycles. The van der Waals surface area contributed by atoms with Crippen LogP contribution in [0.2, 0.25) is 0 Å². The normalized spacial score (nSPS) is 12.1. The third kappa shape index (κ3) is 68.7. The number of allylic oxidation sites excluding steroid dienone is 4. The van der Waals surface area contributed by atoms with Crippen molar-refractivity contribution in [1.82, 2.24) is 0 Å². The van der Waals surface area contributed by atoms with Gasteiger partial charge in [-0.3, -0.25) is 14.4 Å². The fourth-order valence-electron chi connectivity index (χ4n) is 11.6. The highest BCUT2D eigenvalue weighted by atomic mass is 16.6. The molecule has 0 rings (SSSR count). The molecule has 0 amide bonds. The lowest BCUT2D eigenvalue weighted by atomic mass is 10.0. The summed E-state index contributed by atoms with van der Waals surface area (Å²) in [4.78, 5) is 38.5. The Morgan fingerprint density at radius 3 is 0.695 bits per heavy atom. The van der Waals surface area contributed by atoms with Crippen molar-refractivity contribution in [3.63, 3.8) is 0 Å². The predicted molar refractivity (Wildman–Crippen MR) is 358 cm³/mol. The fourth-order valence-corrected chi connectivity index (χ4v) is 11.6. The third-order valence-corrected chi connectivity index (χ3v) is 17.2. The molecule has 0 radical (unpaired) electrons. The molecule has 0 spiro atoms. The first-order chi connectivity index (χ1) is 40.5. The Morgan fingerprint density at radius 2 is 0.439 bits per heavy atom. The molecule has 1 unspecified atom stereocenters. The Morgan fingerprint density at radius 1 is 0.244 bits per heavy atom. The molecular weight excluding hydrogens is 1010 g/mol. The van der Waals surface area contributed by atoms with Crippen LogP contribution in [0.1, 0.15) is 425 Å². The van der Waals surface area contributed by atoms with Crippen molar-refractivity contribution in [1.29, 1.82) is 0 Å². The van der Waals surface area contributed by atoms with E-state index < -0.39 is 6.10 Å². The molecular formula is C76H144O6. The standard InChI is InChI=1S/C76H144O6/c1-4-7-10-13-16-19-22-25-28-30-32-33-34-35-36-37-38-39-40-41-42-44-45-48-51-54-57-60-63-66-69-75(78)81-72-73(71-80-74(77)68-65-62-59-56-53-50-47-27-24-21-18-15-12-9-6-3)82-76(79)70-67-64-61-58-55-52-49-46-43-31-29-26-23-20-17-14-11-8-5-2/h18,21,27,47,73H,4-17,19-20,22-26,28-46,48-72H2,1-3H3/b21-18-,47-27-. The van der Waals surface area contributed by atoms with Crippen LogP contribution in [-0.2, 0) is 28.6 Å². The average Bonchev–Trinajstić information content (AvgIpc) is 3.47. The highest BCUT2D eigenvalue weighted by Gasteiger charge is 2.20. The summed E-state index contributed by atoms with van der Waals surface area (Å²) in [6, 6.07) is 0. The van der Waals surface area contributed by atoms with Crippen LogP contribution >= 0.6 is 0 Å². The van der Waals surface area contributed by atoms with Gasteiger partial charge in [0.25, 0.3) is 0 Å². The van der Waals surface area contributed by atoms with E-state index >= 15 is 0 Å². The Labute approximate surface area is 513 Å². The maximum absolute atomic E-state index is 13.0. The molecule has 0 aliphatic carbocycles. The van der Waals surface area contributed by atoms with Gasteiger partial charge < -0.3 is 14.2 Å². The van der Waals surface area contributed by atoms with Crippen molar-refractivity contribution in [2.45, 2.75) is 431 Å². The van der Waals surface area contributed by atoms with Crippen LogP contribution in [0, 0.1) is 0 Å². The van der Waals surface area contributed by atoms with E-state index in [4.69, 9.17) is 14.2 Å². The Bertz CT molecular complexity index is 1320. The summed E-state index contributed by atoms with van der Waals surface area (Å²) in [5.41, 5.74) is 0. The number of ether oxygens (including phenoxy) is 3. The van der Waals surface area contributed by atoms with Gasteiger partial charge in [-0.25, -0.2) is 0 Å². The van der Waals surface area contributed by atoms with Crippen molar-refractivity contribution in [2.24, 2.45) is 0 Å². The largest absolute Gasteiger partial charge is 0.462 e. The van der Waals surface area contributed by atoms with E-state index in [9.17, 15) is 14.4 Å². The molecule has 6 heteroatoms. The van der Waals surface area contributed by atoms with Crippen LogP contribution in [0.5, 0.6) is 0 Å². The SMILES string of the molecule is CCCCC/C=C\C/C=C\CCCCCCCC(=O)OCC(COC(=O)CCCCCCCCCCCCCCCCCCCCCCCCCCCCCCCC)OC(=O)CCCCCCCCCCCCCCCCCCCCC. The van der Waals surface area contributed by atoms with Gasteiger partial charge >= 0.3 is 17.9 Å². The van der Waals surface area contributed by atoms with Gasteiger partial charge in [0.1, 0.15) is 13.2 Å². The van der Waals surface area contributed by atoms with Crippen LogP contribution in [0.4, 0.5) is 0 Å². The summed E-state index contributed by atoms with van der Waals surface area (Å²) in [5.74, 6) is -0.849. The molecule has 6 nitrogen and oxygen atoms in total. The number of esters is 3. The third-order valence-electron chi connectivity index (χ3n) is 17.2. The summed E-state index contributed by atoms with van der Waals surface area (Å²) < 4.78 is 17.0. The van der Waals surface area contributed by atoms with E-state index in [1.54, 1.807) is 0 Å². The maximum atomic E-state index is 13.0. The van der Waals surface area contributed by atoms with Gasteiger partial charge in [0.05, 0.1) is 0 Å². The van der Waals surface area contributed by atoms with Gasteiger partial charge in [0.15, 0.2) is 6.10 Å². The minimum absolute atomic E-state index is 0.0691. The van der Waals surface area contributed by atoms with E-state index in [-0.39, 0.29) is 31.1 Å². The average molecular weight is 1150 g/mol. The summed E-state index contributed by atoms with van der Waals surface area (Å²) in [6.45, 7) is 6.69. The number of carbonyl (C=O) groups is 3. The Hall–Kier alpha value is -2.11. The highest BCUT2D eigenvalue weighted by molar-refractivity contribution is 5.71. The Kier molecular flexibility index (Phi) is 69.5. The summed E-state index contributed by atoms with van der Waals surface area (Å²) in [7, 11) is 0. The lowest BCUT2D eigenvalue weighted by molar-refractivity contribution is -0.167. The second kappa shape index (κ2) is 71.4. The molecule has 0 saturated carbocycles. The highest BCUT2D eigenvalue weighted by Crippen LogP contribution is 2.19. The van der Waals surface area contributed by atoms with E-state index in [1.807, 2.05) is 0 Å². The zero-order valence-corrected chi connectivity index (χ0v) is 55.8. The lowest BCUT2D eigenvalue weighted by Gasteiger charge is -2.18. The predicted octanol–water partition coefficient (Wildman–Crippen LogP) is 25.7. The quantitative estimate of drug-likeness (QED) is 0.0261. The molecule has 484 valence electrons. The molecule has 0 N–H and O–H groups in total. The number of carbonyl (C=O) groups excluding carboxylic acids is 3. The zero-order chi connectivity index (χ0) is 59.2. The van der Waals surface area contributed by atoms with Gasteiger partial charge in [-0.1, -0.05) is 379 Å². The van der Waals surface area contributed by atoms with Gasteiger partial charge in [0.2, 0.25) is 0 Å². The van der Waals surface area contributed by atoms with Crippen LogP contribution < -0.4 is 0 Å². The van der Waals surface area contributed by atoms with Gasteiger partial charge in [-0.2, -0.15) is 0 Å².